The van der Waals surface area contributed by atoms with Crippen molar-refractivity contribution in [3.63, 3.8) is 0 Å². The van der Waals surface area contributed by atoms with Crippen molar-refractivity contribution >= 4 is 17.7 Å². The number of aliphatic carboxylic acids is 1. The van der Waals surface area contributed by atoms with Crippen LogP contribution in [0.5, 0.6) is 0 Å². The third kappa shape index (κ3) is 3.89. The molecular formula is C12H14N2O4. The van der Waals surface area contributed by atoms with Crippen LogP contribution in [0, 0.1) is 10.1 Å². The van der Waals surface area contributed by atoms with Gasteiger partial charge in [0.05, 0.1) is 16.9 Å². The summed E-state index contributed by atoms with van der Waals surface area (Å²) < 4.78 is 0. The molecule has 1 aromatic rings. The fraction of sp³-hybridized carbons (Fsp3) is 0.250. The van der Waals surface area contributed by atoms with Gasteiger partial charge < -0.3 is 10.0 Å². The van der Waals surface area contributed by atoms with E-state index >= 15 is 0 Å². The summed E-state index contributed by atoms with van der Waals surface area (Å²) in [7, 11) is 3.59. The van der Waals surface area contributed by atoms with Crippen LogP contribution in [0.1, 0.15) is 11.1 Å². The van der Waals surface area contributed by atoms with Crippen LogP contribution in [-0.4, -0.2) is 35.0 Å². The Morgan fingerprint density at radius 2 is 2.17 bits per heavy atom. The number of benzene rings is 1. The molecule has 0 atom stereocenters. The molecule has 0 radical (unpaired) electrons. The average Bonchev–Trinajstić information content (AvgIpc) is 2.25. The first kappa shape index (κ1) is 13.7. The van der Waals surface area contributed by atoms with Crippen LogP contribution >= 0.6 is 0 Å². The molecule has 0 unspecified atom stereocenters. The minimum absolute atomic E-state index is 0.0396. The summed E-state index contributed by atoms with van der Waals surface area (Å²) in [4.78, 5) is 22.7. The highest BCUT2D eigenvalue weighted by Gasteiger charge is 2.13. The molecule has 1 aromatic carbocycles. The van der Waals surface area contributed by atoms with Gasteiger partial charge in [-0.1, -0.05) is 6.07 Å². The molecule has 0 bridgehead atoms. The quantitative estimate of drug-likeness (QED) is 0.635. The van der Waals surface area contributed by atoms with Gasteiger partial charge in [0.1, 0.15) is 0 Å². The van der Waals surface area contributed by atoms with Crippen LogP contribution in [0.4, 0.5) is 5.69 Å². The average molecular weight is 250 g/mol. The fourth-order valence-corrected chi connectivity index (χ4v) is 1.42. The highest BCUT2D eigenvalue weighted by atomic mass is 16.6. The summed E-state index contributed by atoms with van der Waals surface area (Å²) >= 11 is 0. The smallest absolute Gasteiger partial charge is 0.307 e. The van der Waals surface area contributed by atoms with Gasteiger partial charge in [-0.3, -0.25) is 14.9 Å². The number of nitro benzene ring substituents is 1. The number of carboxylic acids is 1. The van der Waals surface area contributed by atoms with Gasteiger partial charge in [0.15, 0.2) is 0 Å². The summed E-state index contributed by atoms with van der Waals surface area (Å²) in [6, 6.07) is 4.30. The van der Waals surface area contributed by atoms with Crippen molar-refractivity contribution in [1.29, 1.82) is 0 Å². The normalized spacial score (nSPS) is 10.6. The van der Waals surface area contributed by atoms with E-state index in [1.165, 1.54) is 18.2 Å². The van der Waals surface area contributed by atoms with Crippen molar-refractivity contribution in [3.05, 3.63) is 45.6 Å². The van der Waals surface area contributed by atoms with Gasteiger partial charge in [-0.05, 0) is 23.9 Å². The molecule has 0 heterocycles. The number of nitrogens with zero attached hydrogens (tertiary/aromatic N) is 2. The lowest BCUT2D eigenvalue weighted by Gasteiger charge is -2.05. The Labute approximate surface area is 104 Å². The third-order valence-electron chi connectivity index (χ3n) is 2.20. The van der Waals surface area contributed by atoms with Gasteiger partial charge in [0.2, 0.25) is 0 Å². The standard InChI is InChI=1S/C12H14N2O4/c1-13(2)6-5-10-7-9(8-12(15)16)3-4-11(10)14(17)18/h3-7H,8H2,1-2H3,(H,15,16)/b6-5+. The van der Waals surface area contributed by atoms with E-state index < -0.39 is 10.9 Å². The minimum atomic E-state index is -0.966. The maximum absolute atomic E-state index is 10.8. The Hall–Kier alpha value is -2.37. The van der Waals surface area contributed by atoms with Crippen molar-refractivity contribution in [2.75, 3.05) is 14.1 Å². The van der Waals surface area contributed by atoms with Gasteiger partial charge in [-0.2, -0.15) is 0 Å². The maximum atomic E-state index is 10.8. The van der Waals surface area contributed by atoms with Gasteiger partial charge >= 0.3 is 5.97 Å². The van der Waals surface area contributed by atoms with Crippen LogP contribution < -0.4 is 0 Å². The molecule has 0 aliphatic rings. The zero-order valence-corrected chi connectivity index (χ0v) is 10.2. The predicted octanol–water partition coefficient (Wildman–Crippen LogP) is 1.75. The Bertz CT molecular complexity index is 495. The number of hydrogen-bond acceptors (Lipinski definition) is 4. The molecule has 18 heavy (non-hydrogen) atoms. The molecular weight excluding hydrogens is 236 g/mol. The molecule has 1 N–H and O–H groups in total. The fourth-order valence-electron chi connectivity index (χ4n) is 1.42. The molecule has 96 valence electrons. The van der Waals surface area contributed by atoms with Crippen molar-refractivity contribution in [1.82, 2.24) is 4.90 Å². The van der Waals surface area contributed by atoms with Gasteiger partial charge in [-0.25, -0.2) is 0 Å². The van der Waals surface area contributed by atoms with Crippen molar-refractivity contribution < 1.29 is 14.8 Å². The Kier molecular flexibility index (Phi) is 4.42. The lowest BCUT2D eigenvalue weighted by molar-refractivity contribution is -0.385. The lowest BCUT2D eigenvalue weighted by Crippen LogP contribution is -2.02. The maximum Gasteiger partial charge on any atom is 0.307 e. The van der Waals surface area contributed by atoms with Crippen LogP contribution in [0.3, 0.4) is 0 Å². The van der Waals surface area contributed by atoms with Crippen molar-refractivity contribution in [3.8, 4) is 0 Å². The van der Waals surface area contributed by atoms with Crippen LogP contribution in [0.25, 0.3) is 6.08 Å². The van der Waals surface area contributed by atoms with E-state index in [1.807, 2.05) is 0 Å². The van der Waals surface area contributed by atoms with E-state index in [9.17, 15) is 14.9 Å². The first-order valence-electron chi connectivity index (χ1n) is 5.24. The molecule has 0 fully saturated rings. The zero-order valence-electron chi connectivity index (χ0n) is 10.2. The number of rotatable bonds is 5. The summed E-state index contributed by atoms with van der Waals surface area (Å²) in [5.41, 5.74) is 0.890. The van der Waals surface area contributed by atoms with Crippen molar-refractivity contribution in [2.45, 2.75) is 6.42 Å². The summed E-state index contributed by atoms with van der Waals surface area (Å²) in [5, 5.41) is 19.5. The Morgan fingerprint density at radius 3 is 2.67 bits per heavy atom. The minimum Gasteiger partial charge on any atom is -0.481 e. The Morgan fingerprint density at radius 1 is 1.50 bits per heavy atom. The monoisotopic (exact) mass is 250 g/mol. The van der Waals surface area contributed by atoms with Crippen LogP contribution in [-0.2, 0) is 11.2 Å². The molecule has 0 amide bonds. The van der Waals surface area contributed by atoms with E-state index in [0.29, 0.717) is 11.1 Å². The second kappa shape index (κ2) is 5.81. The highest BCUT2D eigenvalue weighted by Crippen LogP contribution is 2.22. The number of hydrogen-bond donors (Lipinski definition) is 1. The van der Waals surface area contributed by atoms with Crippen LogP contribution in [0.2, 0.25) is 0 Å². The zero-order chi connectivity index (χ0) is 13.7. The summed E-state index contributed by atoms with van der Waals surface area (Å²) in [6.07, 6.45) is 3.11. The van der Waals surface area contributed by atoms with Crippen LogP contribution in [0.15, 0.2) is 24.4 Å². The number of carboxylic acid groups (broad SMARTS) is 1. The molecule has 6 nitrogen and oxygen atoms in total. The second-order valence-corrected chi connectivity index (χ2v) is 4.00. The van der Waals surface area contributed by atoms with Gasteiger partial charge in [0, 0.05) is 20.2 Å². The lowest BCUT2D eigenvalue weighted by atomic mass is 10.1. The Balaban J connectivity index is 3.15. The molecule has 1 rings (SSSR count). The molecule has 0 saturated heterocycles. The van der Waals surface area contributed by atoms with Gasteiger partial charge in [0.25, 0.3) is 5.69 Å². The highest BCUT2D eigenvalue weighted by molar-refractivity contribution is 5.71. The first-order valence-corrected chi connectivity index (χ1v) is 5.24. The summed E-state index contributed by atoms with van der Waals surface area (Å²) in [6.45, 7) is 0. The number of carbonyl (C=O) groups is 1. The van der Waals surface area contributed by atoms with Crippen molar-refractivity contribution in [2.24, 2.45) is 0 Å². The molecule has 0 aliphatic heterocycles. The van der Waals surface area contributed by atoms with E-state index in [2.05, 4.69) is 0 Å². The van der Waals surface area contributed by atoms with E-state index in [0.717, 1.165) is 0 Å². The van der Waals surface area contributed by atoms with E-state index in [4.69, 9.17) is 5.11 Å². The van der Waals surface area contributed by atoms with E-state index in [1.54, 1.807) is 31.3 Å². The second-order valence-electron chi connectivity index (χ2n) is 4.00. The first-order chi connectivity index (χ1) is 8.40. The molecule has 0 saturated carbocycles. The third-order valence-corrected chi connectivity index (χ3v) is 2.20. The number of nitro groups is 1. The topological polar surface area (TPSA) is 83.7 Å². The van der Waals surface area contributed by atoms with E-state index in [-0.39, 0.29) is 12.1 Å². The predicted molar refractivity (Wildman–Crippen MR) is 67.2 cm³/mol. The molecule has 6 heteroatoms. The summed E-state index contributed by atoms with van der Waals surface area (Å²) in [5.74, 6) is -0.966. The molecule has 0 aromatic heterocycles. The molecule has 0 spiro atoms. The SMILES string of the molecule is CN(C)/C=C/c1cc(CC(=O)O)ccc1[N+](=O)[O-]. The van der Waals surface area contributed by atoms with Gasteiger partial charge in [-0.15, -0.1) is 0 Å². The largest absolute Gasteiger partial charge is 0.481 e. The molecule has 0 aliphatic carbocycles.